The molecule has 0 aliphatic carbocycles. The van der Waals surface area contributed by atoms with Gasteiger partial charge >= 0.3 is 12.1 Å². The molecule has 2 aromatic carbocycles. The lowest BCUT2D eigenvalue weighted by Crippen LogP contribution is -2.44. The van der Waals surface area contributed by atoms with Crippen molar-refractivity contribution in [1.29, 1.82) is 0 Å². The predicted octanol–water partition coefficient (Wildman–Crippen LogP) is 4.27. The number of aliphatic carboxylic acids is 1. The van der Waals surface area contributed by atoms with Gasteiger partial charge in [-0.1, -0.05) is 30.3 Å². The number of carboxylic acid groups (broad SMARTS) is 1. The van der Waals surface area contributed by atoms with E-state index in [0.717, 1.165) is 22.0 Å². The lowest BCUT2D eigenvalue weighted by Gasteiger charge is -2.22. The van der Waals surface area contributed by atoms with Crippen LogP contribution in [-0.4, -0.2) is 33.8 Å². The lowest BCUT2D eigenvalue weighted by molar-refractivity contribution is -0.139. The third-order valence-corrected chi connectivity index (χ3v) is 4.40. The molecule has 1 atom stereocenters. The van der Waals surface area contributed by atoms with Gasteiger partial charge in [-0.05, 0) is 50.1 Å². The first kappa shape index (κ1) is 21.2. The maximum absolute atomic E-state index is 12.0. The number of aromatic nitrogens is 1. The summed E-state index contributed by atoms with van der Waals surface area (Å²) in [4.78, 5) is 26.8. The third kappa shape index (κ3) is 5.76. The van der Waals surface area contributed by atoms with Gasteiger partial charge in [0.15, 0.2) is 0 Å². The summed E-state index contributed by atoms with van der Waals surface area (Å²) in [6.07, 6.45) is 1.09. The molecule has 0 aliphatic rings. The molecule has 3 aromatic rings. The normalized spacial score (nSPS) is 12.4. The van der Waals surface area contributed by atoms with Crippen molar-refractivity contribution in [1.82, 2.24) is 10.3 Å². The molecule has 0 saturated carbocycles. The van der Waals surface area contributed by atoms with Crippen LogP contribution in [0.4, 0.5) is 4.79 Å². The fourth-order valence-electron chi connectivity index (χ4n) is 3.03. The van der Waals surface area contributed by atoms with Crippen molar-refractivity contribution < 1.29 is 24.2 Å². The SMILES string of the molecule is CC(C)(C)OC(=O)N[C@H](Cc1c[nH]c2ccc(OCc3ccccc3)cc12)C(=O)O. The van der Waals surface area contributed by atoms with E-state index in [2.05, 4.69) is 10.3 Å². The third-order valence-electron chi connectivity index (χ3n) is 4.40. The molecule has 0 unspecified atom stereocenters. The molecule has 7 heteroatoms. The number of nitrogens with one attached hydrogen (secondary N) is 2. The fourth-order valence-corrected chi connectivity index (χ4v) is 3.03. The van der Waals surface area contributed by atoms with Crippen LogP contribution in [0.15, 0.2) is 54.7 Å². The quantitative estimate of drug-likeness (QED) is 0.540. The van der Waals surface area contributed by atoms with Crippen LogP contribution in [-0.2, 0) is 22.6 Å². The lowest BCUT2D eigenvalue weighted by atomic mass is 10.0. The molecule has 1 aromatic heterocycles. The number of aromatic amines is 1. The number of ether oxygens (including phenoxy) is 2. The number of alkyl carbamates (subject to hydrolysis) is 1. The zero-order valence-electron chi connectivity index (χ0n) is 17.3. The van der Waals surface area contributed by atoms with E-state index in [0.29, 0.717) is 12.4 Å². The number of hydrogen-bond acceptors (Lipinski definition) is 4. The molecular weight excluding hydrogens is 384 g/mol. The Balaban J connectivity index is 1.74. The molecule has 0 bridgehead atoms. The van der Waals surface area contributed by atoms with Crippen molar-refractivity contribution in [3.63, 3.8) is 0 Å². The molecule has 3 rings (SSSR count). The number of benzene rings is 2. The van der Waals surface area contributed by atoms with E-state index < -0.39 is 23.7 Å². The van der Waals surface area contributed by atoms with Crippen molar-refractivity contribution in [3.8, 4) is 5.75 Å². The van der Waals surface area contributed by atoms with E-state index in [-0.39, 0.29) is 6.42 Å². The minimum absolute atomic E-state index is 0.108. The van der Waals surface area contributed by atoms with Crippen LogP contribution in [0.25, 0.3) is 10.9 Å². The topological polar surface area (TPSA) is 101 Å². The molecule has 0 spiro atoms. The van der Waals surface area contributed by atoms with E-state index in [1.165, 1.54) is 0 Å². The van der Waals surface area contributed by atoms with Gasteiger partial charge in [0.1, 0.15) is 24.0 Å². The fraction of sp³-hybridized carbons (Fsp3) is 0.304. The standard InChI is InChI=1S/C23H26N2O5/c1-23(2,3)30-22(28)25-20(21(26)27)11-16-13-24-19-10-9-17(12-18(16)19)29-14-15-7-5-4-6-8-15/h4-10,12-13,20,24H,11,14H2,1-3H3,(H,25,28)(H,26,27)/t20-/m1/s1. The Morgan fingerprint density at radius 2 is 1.87 bits per heavy atom. The summed E-state index contributed by atoms with van der Waals surface area (Å²) >= 11 is 0. The Labute approximate surface area is 175 Å². The summed E-state index contributed by atoms with van der Waals surface area (Å²) in [5.74, 6) is -0.453. The van der Waals surface area contributed by atoms with Crippen LogP contribution in [0.5, 0.6) is 5.75 Å². The van der Waals surface area contributed by atoms with Crippen LogP contribution >= 0.6 is 0 Å². The first-order chi connectivity index (χ1) is 14.2. The van der Waals surface area contributed by atoms with Gasteiger partial charge in [0.25, 0.3) is 0 Å². The average Bonchev–Trinajstić information content (AvgIpc) is 3.07. The van der Waals surface area contributed by atoms with E-state index >= 15 is 0 Å². The monoisotopic (exact) mass is 410 g/mol. The summed E-state index contributed by atoms with van der Waals surface area (Å²) < 4.78 is 11.1. The minimum atomic E-state index is -1.13. The summed E-state index contributed by atoms with van der Waals surface area (Å²) in [5, 5.41) is 12.8. The molecule has 158 valence electrons. The molecule has 0 aliphatic heterocycles. The molecule has 0 fully saturated rings. The number of carboxylic acids is 1. The summed E-state index contributed by atoms with van der Waals surface area (Å²) in [6.45, 7) is 5.60. The Hall–Kier alpha value is -3.48. The van der Waals surface area contributed by atoms with Crippen LogP contribution in [0.3, 0.4) is 0 Å². The van der Waals surface area contributed by atoms with Gasteiger partial charge in [0.05, 0.1) is 0 Å². The smallest absolute Gasteiger partial charge is 0.408 e. The van der Waals surface area contributed by atoms with Gasteiger partial charge in [-0.3, -0.25) is 0 Å². The van der Waals surface area contributed by atoms with E-state index in [1.807, 2.05) is 48.5 Å². The maximum Gasteiger partial charge on any atom is 0.408 e. The van der Waals surface area contributed by atoms with Crippen LogP contribution < -0.4 is 10.1 Å². The molecule has 3 N–H and O–H groups in total. The molecule has 0 radical (unpaired) electrons. The van der Waals surface area contributed by atoms with Crippen LogP contribution in [0.2, 0.25) is 0 Å². The second kappa shape index (κ2) is 8.90. The number of rotatable bonds is 7. The highest BCUT2D eigenvalue weighted by Gasteiger charge is 2.25. The van der Waals surface area contributed by atoms with Gasteiger partial charge < -0.3 is 24.9 Å². The molecule has 1 heterocycles. The highest BCUT2D eigenvalue weighted by molar-refractivity contribution is 5.86. The molecule has 7 nitrogen and oxygen atoms in total. The van der Waals surface area contributed by atoms with Crippen molar-refractivity contribution in [3.05, 3.63) is 65.9 Å². The van der Waals surface area contributed by atoms with Crippen LogP contribution in [0, 0.1) is 0 Å². The van der Waals surface area contributed by atoms with E-state index in [4.69, 9.17) is 9.47 Å². The number of carbonyl (C=O) groups excluding carboxylic acids is 1. The Bertz CT molecular complexity index is 1020. The van der Waals surface area contributed by atoms with Gasteiger partial charge in [0, 0.05) is 23.5 Å². The number of carbonyl (C=O) groups is 2. The zero-order chi connectivity index (χ0) is 21.7. The van der Waals surface area contributed by atoms with Crippen molar-refractivity contribution in [2.45, 2.75) is 45.4 Å². The second-order valence-electron chi connectivity index (χ2n) is 8.04. The van der Waals surface area contributed by atoms with Gasteiger partial charge in [0.2, 0.25) is 0 Å². The number of hydrogen-bond donors (Lipinski definition) is 3. The summed E-state index contributed by atoms with van der Waals surface area (Å²) in [7, 11) is 0. The maximum atomic E-state index is 12.0. The number of amides is 1. The number of fused-ring (bicyclic) bond motifs is 1. The Morgan fingerprint density at radius 3 is 2.53 bits per heavy atom. The average molecular weight is 410 g/mol. The van der Waals surface area contributed by atoms with Crippen molar-refractivity contribution in [2.24, 2.45) is 0 Å². The van der Waals surface area contributed by atoms with E-state index in [1.54, 1.807) is 27.0 Å². The van der Waals surface area contributed by atoms with Gasteiger partial charge in [-0.2, -0.15) is 0 Å². The highest BCUT2D eigenvalue weighted by atomic mass is 16.6. The molecule has 0 saturated heterocycles. The Kier molecular flexibility index (Phi) is 6.30. The highest BCUT2D eigenvalue weighted by Crippen LogP contribution is 2.25. The minimum Gasteiger partial charge on any atom is -0.489 e. The van der Waals surface area contributed by atoms with Gasteiger partial charge in [-0.25, -0.2) is 9.59 Å². The zero-order valence-corrected chi connectivity index (χ0v) is 17.3. The molecule has 1 amide bonds. The van der Waals surface area contributed by atoms with Crippen molar-refractivity contribution in [2.75, 3.05) is 0 Å². The van der Waals surface area contributed by atoms with E-state index in [9.17, 15) is 14.7 Å². The summed E-state index contributed by atoms with van der Waals surface area (Å²) in [5.41, 5.74) is 1.97. The molecular formula is C23H26N2O5. The van der Waals surface area contributed by atoms with Gasteiger partial charge in [-0.15, -0.1) is 0 Å². The van der Waals surface area contributed by atoms with Crippen molar-refractivity contribution >= 4 is 23.0 Å². The molecule has 30 heavy (non-hydrogen) atoms. The predicted molar refractivity (Wildman–Crippen MR) is 114 cm³/mol. The van der Waals surface area contributed by atoms with Crippen LogP contribution in [0.1, 0.15) is 31.9 Å². The Morgan fingerprint density at radius 1 is 1.13 bits per heavy atom. The number of H-pyrrole nitrogens is 1. The largest absolute Gasteiger partial charge is 0.489 e. The summed E-state index contributed by atoms with van der Waals surface area (Å²) in [6, 6.07) is 14.3. The first-order valence-electron chi connectivity index (χ1n) is 9.70. The first-order valence-corrected chi connectivity index (χ1v) is 9.70. The second-order valence-corrected chi connectivity index (χ2v) is 8.04.